The molecule has 58 valence electrons. The van der Waals surface area contributed by atoms with Gasteiger partial charge in [0.05, 0.1) is 5.54 Å². The fourth-order valence-corrected chi connectivity index (χ4v) is 1.35. The highest BCUT2D eigenvalue weighted by molar-refractivity contribution is 5.78. The summed E-state index contributed by atoms with van der Waals surface area (Å²) in [6.45, 7) is 0.863. The topological polar surface area (TPSA) is 32.3 Å². The van der Waals surface area contributed by atoms with Crippen LogP contribution in [0.15, 0.2) is 0 Å². The molecule has 1 saturated heterocycles. The van der Waals surface area contributed by atoms with Gasteiger partial charge in [-0.1, -0.05) is 7.43 Å². The monoisotopic (exact) mass is 142 g/mol. The van der Waals surface area contributed by atoms with E-state index in [2.05, 4.69) is 5.32 Å². The van der Waals surface area contributed by atoms with Crippen molar-refractivity contribution in [3.05, 3.63) is 0 Å². The number of rotatable bonds is 0. The minimum absolute atomic E-state index is 0. The van der Waals surface area contributed by atoms with Crippen molar-refractivity contribution >= 4 is 6.03 Å². The molecule has 1 aliphatic heterocycles. The summed E-state index contributed by atoms with van der Waals surface area (Å²) in [5, 5.41) is 2.81. The molecule has 1 aliphatic carbocycles. The molecule has 0 atom stereocenters. The van der Waals surface area contributed by atoms with E-state index < -0.39 is 0 Å². The van der Waals surface area contributed by atoms with Crippen molar-refractivity contribution in [2.24, 2.45) is 0 Å². The lowest BCUT2D eigenvalue weighted by Crippen LogP contribution is -2.31. The Hall–Kier alpha value is -0.730. The molecule has 2 aliphatic rings. The van der Waals surface area contributed by atoms with Crippen molar-refractivity contribution in [3.8, 4) is 0 Å². The maximum Gasteiger partial charge on any atom is 0.317 e. The van der Waals surface area contributed by atoms with Crippen LogP contribution >= 0.6 is 0 Å². The lowest BCUT2D eigenvalue weighted by Gasteiger charge is -2.14. The number of carbonyl (C=O) groups excluding carboxylic acids is 1. The Morgan fingerprint density at radius 3 is 2.40 bits per heavy atom. The van der Waals surface area contributed by atoms with E-state index in [4.69, 9.17) is 0 Å². The van der Waals surface area contributed by atoms with Crippen LogP contribution in [0.3, 0.4) is 0 Å². The molecule has 0 bridgehead atoms. The standard InChI is InChI=1S/C6H10N2O.CH4/c1-8-5(9)7-4-6(8)2-3-6;/h2-4H2,1H3,(H,7,9);1H4. The summed E-state index contributed by atoms with van der Waals surface area (Å²) in [4.78, 5) is 12.7. The van der Waals surface area contributed by atoms with Gasteiger partial charge in [-0.2, -0.15) is 0 Å². The minimum atomic E-state index is 0. The van der Waals surface area contributed by atoms with Gasteiger partial charge >= 0.3 is 6.03 Å². The fourth-order valence-electron chi connectivity index (χ4n) is 1.35. The number of carbonyl (C=O) groups is 1. The Balaban J connectivity index is 0.000000500. The molecule has 3 heteroatoms. The summed E-state index contributed by atoms with van der Waals surface area (Å²) in [6, 6.07) is 0.0903. The maximum absolute atomic E-state index is 10.8. The Labute approximate surface area is 61.4 Å². The summed E-state index contributed by atoms with van der Waals surface area (Å²) >= 11 is 0. The van der Waals surface area contributed by atoms with E-state index in [1.165, 1.54) is 12.8 Å². The summed E-state index contributed by atoms with van der Waals surface area (Å²) in [5.74, 6) is 0. The first-order valence-corrected chi connectivity index (χ1v) is 3.26. The van der Waals surface area contributed by atoms with E-state index in [0.717, 1.165) is 6.54 Å². The first-order valence-electron chi connectivity index (χ1n) is 3.26. The van der Waals surface area contributed by atoms with Crippen LogP contribution in [0.25, 0.3) is 0 Å². The van der Waals surface area contributed by atoms with Crippen LogP contribution < -0.4 is 5.32 Å². The molecule has 1 N–H and O–H groups in total. The predicted octanol–water partition coefficient (Wildman–Crippen LogP) is 0.810. The third-order valence-electron chi connectivity index (χ3n) is 2.41. The van der Waals surface area contributed by atoms with E-state index in [-0.39, 0.29) is 19.0 Å². The number of hydrogen-bond acceptors (Lipinski definition) is 1. The molecule has 1 spiro atoms. The van der Waals surface area contributed by atoms with Gasteiger partial charge in [0.15, 0.2) is 0 Å². The summed E-state index contributed by atoms with van der Waals surface area (Å²) < 4.78 is 0. The zero-order valence-electron chi connectivity index (χ0n) is 5.48. The first kappa shape index (κ1) is 7.38. The first-order chi connectivity index (χ1) is 4.25. The SMILES string of the molecule is C.CN1C(=O)NCC12CC2. The van der Waals surface area contributed by atoms with Gasteiger partial charge in [-0.25, -0.2) is 4.79 Å². The van der Waals surface area contributed by atoms with Crippen LogP contribution in [0.5, 0.6) is 0 Å². The zero-order valence-corrected chi connectivity index (χ0v) is 5.48. The van der Waals surface area contributed by atoms with E-state index in [1.807, 2.05) is 11.9 Å². The molecule has 2 amide bonds. The highest BCUT2D eigenvalue weighted by atomic mass is 16.2. The normalized spacial score (nSPS) is 26.1. The number of nitrogens with zero attached hydrogens (tertiary/aromatic N) is 1. The molecule has 3 nitrogen and oxygen atoms in total. The van der Waals surface area contributed by atoms with Crippen LogP contribution in [-0.2, 0) is 0 Å². The molecule has 1 saturated carbocycles. The maximum atomic E-state index is 10.8. The zero-order chi connectivity index (χ0) is 6.48. The Kier molecular flexibility index (Phi) is 1.38. The number of urea groups is 1. The highest BCUT2D eigenvalue weighted by Gasteiger charge is 2.52. The van der Waals surface area contributed by atoms with Crippen LogP contribution in [0, 0.1) is 0 Å². The van der Waals surface area contributed by atoms with Crippen LogP contribution in [0.2, 0.25) is 0 Å². The molecule has 0 aromatic carbocycles. The molecule has 1 heterocycles. The predicted molar refractivity (Wildman–Crippen MR) is 39.9 cm³/mol. The van der Waals surface area contributed by atoms with Crippen molar-refractivity contribution in [3.63, 3.8) is 0 Å². The van der Waals surface area contributed by atoms with Crippen molar-refractivity contribution in [2.75, 3.05) is 13.6 Å². The molecule has 0 radical (unpaired) electrons. The van der Waals surface area contributed by atoms with Crippen LogP contribution in [0.1, 0.15) is 20.3 Å². The van der Waals surface area contributed by atoms with Gasteiger partial charge in [0, 0.05) is 13.6 Å². The van der Waals surface area contributed by atoms with E-state index in [0.29, 0.717) is 0 Å². The second kappa shape index (κ2) is 1.87. The summed E-state index contributed by atoms with van der Waals surface area (Å²) in [5.41, 5.74) is 0.247. The average Bonchev–Trinajstić information content (AvgIpc) is 2.57. The molecule has 0 aromatic heterocycles. The Morgan fingerprint density at radius 2 is 2.20 bits per heavy atom. The van der Waals surface area contributed by atoms with E-state index >= 15 is 0 Å². The largest absolute Gasteiger partial charge is 0.336 e. The molecular formula is C7H14N2O. The molecule has 0 aromatic rings. The van der Waals surface area contributed by atoms with E-state index in [9.17, 15) is 4.79 Å². The van der Waals surface area contributed by atoms with Gasteiger partial charge in [0.1, 0.15) is 0 Å². The van der Waals surface area contributed by atoms with Gasteiger partial charge in [0.2, 0.25) is 0 Å². The van der Waals surface area contributed by atoms with Crippen molar-refractivity contribution in [2.45, 2.75) is 25.8 Å². The fraction of sp³-hybridized carbons (Fsp3) is 0.857. The molecule has 0 unspecified atom stereocenters. The highest BCUT2D eigenvalue weighted by Crippen LogP contribution is 2.42. The number of hydrogen-bond donors (Lipinski definition) is 1. The summed E-state index contributed by atoms with van der Waals surface area (Å²) in [6.07, 6.45) is 2.37. The van der Waals surface area contributed by atoms with Gasteiger partial charge in [-0.05, 0) is 12.8 Å². The minimum Gasteiger partial charge on any atom is -0.336 e. The van der Waals surface area contributed by atoms with Gasteiger partial charge in [-0.15, -0.1) is 0 Å². The lowest BCUT2D eigenvalue weighted by molar-refractivity contribution is 0.213. The molecule has 10 heavy (non-hydrogen) atoms. The number of likely N-dealkylation sites (N-methyl/N-ethyl adjacent to an activating group) is 1. The van der Waals surface area contributed by atoms with Gasteiger partial charge < -0.3 is 10.2 Å². The summed E-state index contributed by atoms with van der Waals surface area (Å²) in [7, 11) is 1.87. The van der Waals surface area contributed by atoms with Crippen molar-refractivity contribution < 1.29 is 4.79 Å². The van der Waals surface area contributed by atoms with Crippen molar-refractivity contribution in [1.82, 2.24) is 10.2 Å². The third kappa shape index (κ3) is 0.696. The van der Waals surface area contributed by atoms with Crippen LogP contribution in [-0.4, -0.2) is 30.1 Å². The lowest BCUT2D eigenvalue weighted by atomic mass is 10.3. The second-order valence-electron chi connectivity index (χ2n) is 2.94. The van der Waals surface area contributed by atoms with Crippen molar-refractivity contribution in [1.29, 1.82) is 0 Å². The third-order valence-corrected chi connectivity index (χ3v) is 2.41. The molecular weight excluding hydrogens is 128 g/mol. The van der Waals surface area contributed by atoms with E-state index in [1.54, 1.807) is 0 Å². The Morgan fingerprint density at radius 1 is 1.60 bits per heavy atom. The number of amides is 2. The smallest absolute Gasteiger partial charge is 0.317 e. The van der Waals surface area contributed by atoms with Gasteiger partial charge in [-0.3, -0.25) is 0 Å². The second-order valence-corrected chi connectivity index (χ2v) is 2.94. The Bertz CT molecular complexity index is 163. The van der Waals surface area contributed by atoms with Crippen LogP contribution in [0.4, 0.5) is 4.79 Å². The average molecular weight is 142 g/mol. The quantitative estimate of drug-likeness (QED) is 0.533. The van der Waals surface area contributed by atoms with Gasteiger partial charge in [0.25, 0.3) is 0 Å². The number of nitrogens with one attached hydrogen (secondary N) is 1. The molecule has 2 fully saturated rings. The molecule has 2 rings (SSSR count).